The van der Waals surface area contributed by atoms with Gasteiger partial charge in [0, 0.05) is 32.5 Å². The summed E-state index contributed by atoms with van der Waals surface area (Å²) >= 11 is 1.61. The fraction of sp³-hybridized carbons (Fsp3) is 0.292. The fourth-order valence-corrected chi connectivity index (χ4v) is 4.91. The number of ether oxygens (including phenoxy) is 1. The van der Waals surface area contributed by atoms with Crippen molar-refractivity contribution < 1.29 is 4.74 Å². The number of imidazole rings is 1. The normalized spacial score (nSPS) is 14.8. The molecule has 2 heterocycles. The summed E-state index contributed by atoms with van der Waals surface area (Å²) in [5.41, 5.74) is 10.7. The Balaban J connectivity index is 1.86. The van der Waals surface area contributed by atoms with E-state index in [0.717, 1.165) is 35.0 Å². The molecule has 1 aromatic heterocycles. The summed E-state index contributed by atoms with van der Waals surface area (Å²) in [7, 11) is 3.56. The molecule has 0 fully saturated rings. The molecule has 0 saturated heterocycles. The molecule has 3 aromatic rings. The number of nitrogens with one attached hydrogen (secondary N) is 1. The molecule has 2 atom stereocenters. The van der Waals surface area contributed by atoms with Gasteiger partial charge in [-0.05, 0) is 30.7 Å². The molecular formula is C24H29N5O2S. The maximum Gasteiger partial charge on any atom is 0.332 e. The minimum Gasteiger partial charge on any atom is -0.362 e. The molecule has 0 saturated carbocycles. The molecule has 0 radical (unpaired) electrons. The number of aromatic amines is 1. The topological polar surface area (TPSA) is 79.5 Å². The number of rotatable bonds is 7. The number of nitrogens with two attached hydrogens (primary N) is 1. The number of hydrogen-bond donors (Lipinski definition) is 2. The Hall–Kier alpha value is -2.94. The third-order valence-electron chi connectivity index (χ3n) is 5.85. The average Bonchev–Trinajstić information content (AvgIpc) is 3.16. The fourth-order valence-electron chi connectivity index (χ4n) is 4.11. The van der Waals surface area contributed by atoms with Crippen LogP contribution in [0.25, 0.3) is 11.8 Å². The van der Waals surface area contributed by atoms with Gasteiger partial charge in [0.25, 0.3) is 0 Å². The Morgan fingerprint density at radius 1 is 1.22 bits per heavy atom. The molecule has 8 heteroatoms. The number of methoxy groups -OCH3 is 1. The maximum absolute atomic E-state index is 12.9. The highest BCUT2D eigenvalue weighted by atomic mass is 32.2. The van der Waals surface area contributed by atoms with Crippen LogP contribution in [0.4, 0.5) is 11.5 Å². The van der Waals surface area contributed by atoms with Crippen molar-refractivity contribution in [1.82, 2.24) is 9.55 Å². The molecule has 3 N–H and O–H groups in total. The summed E-state index contributed by atoms with van der Waals surface area (Å²) < 4.78 is 9.38. The van der Waals surface area contributed by atoms with E-state index in [2.05, 4.69) is 28.3 Å². The number of H-pyrrole nitrogens is 1. The number of nitrogens with zero attached hydrogens (tertiary/aromatic N) is 3. The Kier molecular flexibility index (Phi) is 6.45. The first-order valence-electron chi connectivity index (χ1n) is 10.5. The Morgan fingerprint density at radius 3 is 2.66 bits per heavy atom. The zero-order chi connectivity index (χ0) is 22.8. The Morgan fingerprint density at radius 2 is 1.97 bits per heavy atom. The number of anilines is 2. The van der Waals surface area contributed by atoms with Gasteiger partial charge in [-0.1, -0.05) is 54.4 Å². The number of benzene rings is 2. The molecule has 0 bridgehead atoms. The molecule has 32 heavy (non-hydrogen) atoms. The summed E-state index contributed by atoms with van der Waals surface area (Å²) in [4.78, 5) is 17.9. The van der Waals surface area contributed by atoms with Gasteiger partial charge in [0.2, 0.25) is 0 Å². The van der Waals surface area contributed by atoms with E-state index < -0.39 is 6.23 Å². The van der Waals surface area contributed by atoms with Gasteiger partial charge in [0.1, 0.15) is 12.0 Å². The van der Waals surface area contributed by atoms with E-state index in [1.54, 1.807) is 23.6 Å². The van der Waals surface area contributed by atoms with Crippen LogP contribution in [0, 0.1) is 0 Å². The van der Waals surface area contributed by atoms with Crippen molar-refractivity contribution in [3.8, 4) is 5.69 Å². The van der Waals surface area contributed by atoms with Crippen LogP contribution in [0.3, 0.4) is 0 Å². The summed E-state index contributed by atoms with van der Waals surface area (Å²) in [5, 5.41) is 0. The Labute approximate surface area is 192 Å². The molecular weight excluding hydrogens is 422 g/mol. The van der Waals surface area contributed by atoms with E-state index in [1.165, 1.54) is 5.56 Å². The maximum atomic E-state index is 12.9. The van der Waals surface area contributed by atoms with E-state index in [0.29, 0.717) is 0 Å². The van der Waals surface area contributed by atoms with Crippen molar-refractivity contribution in [2.24, 2.45) is 5.73 Å². The van der Waals surface area contributed by atoms with Crippen molar-refractivity contribution in [1.29, 1.82) is 0 Å². The smallest absolute Gasteiger partial charge is 0.332 e. The van der Waals surface area contributed by atoms with Crippen molar-refractivity contribution in [2.75, 3.05) is 36.2 Å². The molecule has 7 nitrogen and oxygen atoms in total. The molecule has 1 aliphatic rings. The van der Waals surface area contributed by atoms with Gasteiger partial charge in [-0.25, -0.2) is 4.79 Å². The van der Waals surface area contributed by atoms with Crippen LogP contribution in [-0.4, -0.2) is 36.5 Å². The van der Waals surface area contributed by atoms with Gasteiger partial charge < -0.3 is 19.7 Å². The lowest BCUT2D eigenvalue weighted by molar-refractivity contribution is 0.110. The number of hydrogen-bond acceptors (Lipinski definition) is 6. The third kappa shape index (κ3) is 3.97. The van der Waals surface area contributed by atoms with Gasteiger partial charge in [-0.2, -0.15) is 0 Å². The quantitative estimate of drug-likeness (QED) is 0.416. The first-order chi connectivity index (χ1) is 15.5. The van der Waals surface area contributed by atoms with Gasteiger partial charge in [-0.3, -0.25) is 9.55 Å². The monoisotopic (exact) mass is 451 g/mol. The minimum atomic E-state index is -0.584. The molecule has 0 amide bonds. The Bertz CT molecular complexity index is 1170. The zero-order valence-electron chi connectivity index (χ0n) is 18.8. The lowest BCUT2D eigenvalue weighted by Crippen LogP contribution is -2.24. The van der Waals surface area contributed by atoms with E-state index in [-0.39, 0.29) is 11.7 Å². The molecule has 2 aromatic carbocycles. The SMILES string of the molecule is COC(N)c1ccc(-n2c3c([nH]c2=O)N(C)CC=C3)cc1N(SC)[C@H](C)c1ccccc1. The molecule has 0 aliphatic carbocycles. The van der Waals surface area contributed by atoms with Crippen molar-refractivity contribution >= 4 is 29.5 Å². The second-order valence-corrected chi connectivity index (χ2v) is 8.54. The van der Waals surface area contributed by atoms with Crippen LogP contribution in [0.1, 0.15) is 36.0 Å². The zero-order valence-corrected chi connectivity index (χ0v) is 19.6. The second kappa shape index (κ2) is 9.28. The molecule has 1 aliphatic heterocycles. The third-order valence-corrected chi connectivity index (χ3v) is 6.76. The van der Waals surface area contributed by atoms with Crippen molar-refractivity contribution in [3.05, 3.63) is 81.9 Å². The molecule has 1 unspecified atom stereocenters. The second-order valence-electron chi connectivity index (χ2n) is 7.78. The van der Waals surface area contributed by atoms with Gasteiger partial charge >= 0.3 is 5.69 Å². The molecule has 0 spiro atoms. The highest BCUT2D eigenvalue weighted by Gasteiger charge is 2.24. The summed E-state index contributed by atoms with van der Waals surface area (Å²) in [5.74, 6) is 0.816. The van der Waals surface area contributed by atoms with Crippen LogP contribution in [-0.2, 0) is 4.74 Å². The number of fused-ring (bicyclic) bond motifs is 1. The largest absolute Gasteiger partial charge is 0.362 e. The first-order valence-corrected chi connectivity index (χ1v) is 11.7. The average molecular weight is 452 g/mol. The standard InChI is InChI=1S/C24H29N5O2S/c1-16(17-9-6-5-7-10-17)29(32-4)21-15-18(12-13-19(21)22(25)31-3)28-20-11-8-14-27(2)23(20)26-24(28)30/h5-13,15-16,22H,14,25H2,1-4H3,(H,26,30)/t16-,22?/m1/s1. The van der Waals surface area contributed by atoms with Crippen LogP contribution < -0.4 is 20.6 Å². The van der Waals surface area contributed by atoms with E-state index in [4.69, 9.17) is 10.5 Å². The van der Waals surface area contributed by atoms with Crippen LogP contribution in [0.2, 0.25) is 0 Å². The van der Waals surface area contributed by atoms with Crippen LogP contribution in [0.5, 0.6) is 0 Å². The summed E-state index contributed by atoms with van der Waals surface area (Å²) in [6.07, 6.45) is 5.49. The minimum absolute atomic E-state index is 0.0761. The van der Waals surface area contributed by atoms with Gasteiger partial charge in [0.05, 0.1) is 23.1 Å². The predicted octanol–water partition coefficient (Wildman–Crippen LogP) is 4.08. The van der Waals surface area contributed by atoms with Crippen molar-refractivity contribution in [2.45, 2.75) is 19.2 Å². The number of aromatic nitrogens is 2. The van der Waals surface area contributed by atoms with Gasteiger partial charge in [0.15, 0.2) is 0 Å². The van der Waals surface area contributed by atoms with Gasteiger partial charge in [-0.15, -0.1) is 0 Å². The molecule has 4 rings (SSSR count). The van der Waals surface area contributed by atoms with E-state index in [9.17, 15) is 4.79 Å². The summed E-state index contributed by atoms with van der Waals surface area (Å²) in [6.45, 7) is 2.91. The predicted molar refractivity (Wildman–Crippen MR) is 133 cm³/mol. The lowest BCUT2D eigenvalue weighted by atomic mass is 10.1. The highest BCUT2D eigenvalue weighted by molar-refractivity contribution is 8.00. The summed E-state index contributed by atoms with van der Waals surface area (Å²) in [6, 6.07) is 16.3. The highest BCUT2D eigenvalue weighted by Crippen LogP contribution is 2.38. The van der Waals surface area contributed by atoms with Crippen LogP contribution in [0.15, 0.2) is 59.4 Å². The van der Waals surface area contributed by atoms with E-state index in [1.807, 2.05) is 66.8 Å². The van der Waals surface area contributed by atoms with E-state index >= 15 is 0 Å². The lowest BCUT2D eigenvalue weighted by Gasteiger charge is -2.32. The van der Waals surface area contributed by atoms with Crippen LogP contribution >= 0.6 is 11.9 Å². The molecule has 168 valence electrons. The van der Waals surface area contributed by atoms with Crippen molar-refractivity contribution in [3.63, 3.8) is 0 Å². The first kappa shape index (κ1) is 22.3. The number of likely N-dealkylation sites (N-methyl/N-ethyl adjacent to an activating group) is 1.